The average molecular weight is 448 g/mol. The lowest BCUT2D eigenvalue weighted by Crippen LogP contribution is -2.34. The Labute approximate surface area is 182 Å². The first-order valence-corrected chi connectivity index (χ1v) is 10.4. The fraction of sp³-hybridized carbons (Fsp3) is 0.429. The summed E-state index contributed by atoms with van der Waals surface area (Å²) < 4.78 is 22.7. The normalized spacial score (nSPS) is 26.2. The number of ether oxygens (including phenoxy) is 4. The minimum absolute atomic E-state index is 0.0591. The molecule has 9 nitrogen and oxygen atoms in total. The molecule has 2 saturated heterocycles. The number of fused-ring (bicyclic) bond motifs is 2. The Morgan fingerprint density at radius 1 is 1.19 bits per heavy atom. The molecule has 0 amide bonds. The van der Waals surface area contributed by atoms with Gasteiger partial charge >= 0.3 is 0 Å². The summed E-state index contributed by atoms with van der Waals surface area (Å²) in [5.41, 5.74) is 2.50. The molecule has 3 unspecified atom stereocenters. The molecule has 0 aliphatic carbocycles. The van der Waals surface area contributed by atoms with E-state index in [0.29, 0.717) is 34.2 Å². The van der Waals surface area contributed by atoms with Crippen molar-refractivity contribution >= 4 is 22.8 Å². The monoisotopic (exact) mass is 447 g/mol. The van der Waals surface area contributed by atoms with Gasteiger partial charge in [-0.1, -0.05) is 11.6 Å². The van der Waals surface area contributed by atoms with E-state index < -0.39 is 6.10 Å². The largest absolute Gasteiger partial charge is 0.488 e. The Hall–Kier alpha value is -2.43. The minimum Gasteiger partial charge on any atom is -0.488 e. The molecule has 5 rings (SSSR count). The molecule has 164 valence electrons. The van der Waals surface area contributed by atoms with E-state index in [2.05, 4.69) is 15.0 Å². The number of pyridine rings is 1. The van der Waals surface area contributed by atoms with Gasteiger partial charge in [-0.15, -0.1) is 0 Å². The van der Waals surface area contributed by atoms with Crippen LogP contribution in [-0.4, -0.2) is 75.5 Å². The number of aliphatic hydroxyl groups is 2. The molecular weight excluding hydrogens is 426 g/mol. The average Bonchev–Trinajstić information content (AvgIpc) is 3.45. The molecule has 2 aromatic heterocycles. The van der Waals surface area contributed by atoms with Crippen LogP contribution in [0.15, 0.2) is 30.3 Å². The van der Waals surface area contributed by atoms with Gasteiger partial charge in [0.15, 0.2) is 11.8 Å². The molecule has 0 spiro atoms. The summed E-state index contributed by atoms with van der Waals surface area (Å²) in [4.78, 5) is 12.1. The topological polar surface area (TPSA) is 119 Å². The van der Waals surface area contributed by atoms with Crippen molar-refractivity contribution in [2.45, 2.75) is 37.4 Å². The molecule has 4 heterocycles. The third-order valence-electron chi connectivity index (χ3n) is 5.37. The van der Waals surface area contributed by atoms with Crippen molar-refractivity contribution in [2.24, 2.45) is 0 Å². The Morgan fingerprint density at radius 2 is 1.97 bits per heavy atom. The minimum atomic E-state index is -0.638. The van der Waals surface area contributed by atoms with Crippen molar-refractivity contribution in [1.29, 1.82) is 0 Å². The summed E-state index contributed by atoms with van der Waals surface area (Å²) in [6.07, 6.45) is -2.00. The Bertz CT molecular complexity index is 1070. The van der Waals surface area contributed by atoms with E-state index in [1.54, 1.807) is 25.1 Å². The standard InChI is InChI=1S/C21H22ClN3O6/c1-10(7-26)30-12-4-2-11(3-5-12)17-13(22)6-14-20(24-17)25-21(23-14)31-16-9-29-18-15(27)8-28-19(16)18/h2-6,10,15-16,18-19,26-27H,7-9H2,1H3,(H,23,24,25)/t10?,15-,16-,18?,19?/m1/s1. The maximum Gasteiger partial charge on any atom is 0.296 e. The lowest BCUT2D eigenvalue weighted by Gasteiger charge is -2.15. The first-order valence-electron chi connectivity index (χ1n) is 10.0. The predicted molar refractivity (Wildman–Crippen MR) is 111 cm³/mol. The molecule has 3 aromatic rings. The van der Waals surface area contributed by atoms with Gasteiger partial charge in [-0.25, -0.2) is 4.98 Å². The number of aromatic amines is 1. The summed E-state index contributed by atoms with van der Waals surface area (Å²) >= 11 is 6.47. The van der Waals surface area contributed by atoms with E-state index in [4.69, 9.17) is 35.7 Å². The maximum absolute atomic E-state index is 9.87. The number of hydrogen-bond donors (Lipinski definition) is 3. The number of aromatic nitrogens is 3. The van der Waals surface area contributed by atoms with Crippen molar-refractivity contribution in [3.63, 3.8) is 0 Å². The summed E-state index contributed by atoms with van der Waals surface area (Å²) in [5.74, 6) is 0.647. The smallest absolute Gasteiger partial charge is 0.296 e. The van der Waals surface area contributed by atoms with Gasteiger partial charge in [-0.05, 0) is 37.3 Å². The summed E-state index contributed by atoms with van der Waals surface area (Å²) in [6, 6.07) is 9.34. The second-order valence-electron chi connectivity index (χ2n) is 7.69. The van der Waals surface area contributed by atoms with Crippen LogP contribution in [-0.2, 0) is 9.47 Å². The highest BCUT2D eigenvalue weighted by Crippen LogP contribution is 2.32. The molecule has 0 radical (unpaired) electrons. The highest BCUT2D eigenvalue weighted by molar-refractivity contribution is 6.33. The number of nitrogens with one attached hydrogen (secondary N) is 1. The van der Waals surface area contributed by atoms with Gasteiger partial charge in [0.25, 0.3) is 6.01 Å². The van der Waals surface area contributed by atoms with Crippen LogP contribution < -0.4 is 9.47 Å². The van der Waals surface area contributed by atoms with Crippen LogP contribution in [0.25, 0.3) is 22.4 Å². The van der Waals surface area contributed by atoms with Crippen LogP contribution in [0.3, 0.4) is 0 Å². The quantitative estimate of drug-likeness (QED) is 0.524. The molecule has 3 N–H and O–H groups in total. The number of nitrogens with zero attached hydrogens (tertiary/aromatic N) is 2. The van der Waals surface area contributed by atoms with Crippen molar-refractivity contribution in [3.8, 4) is 23.0 Å². The lowest BCUT2D eigenvalue weighted by molar-refractivity contribution is 0.00706. The predicted octanol–water partition coefficient (Wildman–Crippen LogP) is 1.94. The number of rotatable bonds is 6. The van der Waals surface area contributed by atoms with E-state index in [1.807, 2.05) is 12.1 Å². The highest BCUT2D eigenvalue weighted by atomic mass is 35.5. The van der Waals surface area contributed by atoms with Gasteiger partial charge in [0.1, 0.15) is 30.2 Å². The summed E-state index contributed by atoms with van der Waals surface area (Å²) in [6.45, 7) is 2.28. The number of aliphatic hydroxyl groups excluding tert-OH is 2. The highest BCUT2D eigenvalue weighted by Gasteiger charge is 2.48. The van der Waals surface area contributed by atoms with E-state index in [1.165, 1.54) is 0 Å². The zero-order chi connectivity index (χ0) is 21.5. The van der Waals surface area contributed by atoms with E-state index in [-0.39, 0.29) is 43.6 Å². The molecule has 0 bridgehead atoms. The van der Waals surface area contributed by atoms with Crippen molar-refractivity contribution in [2.75, 3.05) is 19.8 Å². The van der Waals surface area contributed by atoms with Gasteiger partial charge in [0.05, 0.1) is 36.1 Å². The third kappa shape index (κ3) is 3.95. The molecule has 0 saturated carbocycles. The zero-order valence-electron chi connectivity index (χ0n) is 16.7. The lowest BCUT2D eigenvalue weighted by atomic mass is 10.1. The van der Waals surface area contributed by atoms with Gasteiger partial charge in [-0.2, -0.15) is 4.98 Å². The molecule has 5 atom stereocenters. The Balaban J connectivity index is 1.36. The van der Waals surface area contributed by atoms with E-state index >= 15 is 0 Å². The third-order valence-corrected chi connectivity index (χ3v) is 5.66. The van der Waals surface area contributed by atoms with Crippen LogP contribution in [0.2, 0.25) is 5.02 Å². The fourth-order valence-electron chi connectivity index (χ4n) is 3.80. The molecule has 10 heteroatoms. The molecule has 2 fully saturated rings. The van der Waals surface area contributed by atoms with Crippen LogP contribution in [0.4, 0.5) is 0 Å². The number of imidazole rings is 1. The number of H-pyrrole nitrogens is 1. The van der Waals surface area contributed by atoms with Gasteiger partial charge in [0, 0.05) is 5.56 Å². The number of hydrogen-bond acceptors (Lipinski definition) is 8. The van der Waals surface area contributed by atoms with Crippen LogP contribution in [0.5, 0.6) is 11.8 Å². The summed E-state index contributed by atoms with van der Waals surface area (Å²) in [5, 5.41) is 19.4. The molecular formula is C21H22ClN3O6. The van der Waals surface area contributed by atoms with Gasteiger partial charge < -0.3 is 34.1 Å². The molecule has 2 aliphatic rings. The Kier molecular flexibility index (Phi) is 5.45. The first kappa shape index (κ1) is 20.5. The number of benzene rings is 1. The first-order chi connectivity index (χ1) is 15.0. The van der Waals surface area contributed by atoms with E-state index in [0.717, 1.165) is 5.56 Å². The van der Waals surface area contributed by atoms with Crippen LogP contribution >= 0.6 is 11.6 Å². The van der Waals surface area contributed by atoms with Crippen LogP contribution in [0, 0.1) is 0 Å². The van der Waals surface area contributed by atoms with E-state index in [9.17, 15) is 5.11 Å². The van der Waals surface area contributed by atoms with Crippen molar-refractivity contribution in [1.82, 2.24) is 15.0 Å². The number of halogens is 1. The molecule has 31 heavy (non-hydrogen) atoms. The van der Waals surface area contributed by atoms with Crippen molar-refractivity contribution < 1.29 is 29.2 Å². The SMILES string of the molecule is CC(CO)Oc1ccc(-c2nc3nc(O[C@@H]4COC5C4OC[C@H]5O)[nH]c3cc2Cl)cc1. The van der Waals surface area contributed by atoms with Crippen molar-refractivity contribution in [3.05, 3.63) is 35.4 Å². The molecule has 1 aromatic carbocycles. The maximum atomic E-state index is 9.87. The molecule has 2 aliphatic heterocycles. The van der Waals surface area contributed by atoms with Crippen LogP contribution in [0.1, 0.15) is 6.92 Å². The second-order valence-corrected chi connectivity index (χ2v) is 8.09. The Morgan fingerprint density at radius 3 is 2.74 bits per heavy atom. The second kappa shape index (κ2) is 8.25. The summed E-state index contributed by atoms with van der Waals surface area (Å²) in [7, 11) is 0. The van der Waals surface area contributed by atoms with Gasteiger partial charge in [-0.3, -0.25) is 0 Å². The van der Waals surface area contributed by atoms with Gasteiger partial charge in [0.2, 0.25) is 0 Å². The fourth-order valence-corrected chi connectivity index (χ4v) is 4.06. The zero-order valence-corrected chi connectivity index (χ0v) is 17.5.